The Balaban J connectivity index is 1.53. The lowest BCUT2D eigenvalue weighted by atomic mass is 10.0. The molecule has 5 amide bonds. The summed E-state index contributed by atoms with van der Waals surface area (Å²) in [4.78, 5) is 63.9. The lowest BCUT2D eigenvalue weighted by Crippen LogP contribution is -2.52. The van der Waals surface area contributed by atoms with Gasteiger partial charge in [-0.25, -0.2) is 9.59 Å². The molecule has 2 aliphatic heterocycles. The number of aryl methyl sites for hydroxylation is 1. The summed E-state index contributed by atoms with van der Waals surface area (Å²) in [5.74, 6) is -2.39. The number of carboxylic acids is 1. The molecule has 0 spiro atoms. The SMILES string of the molecule is C=C(CN(Cc1ccc2c(c1)CN(C1CCC(=O)NC1=O)C2=O)C(=O)Nc1ccc(C)c(Cl)c1)C(=O)O. The molecule has 0 radical (unpaired) electrons. The minimum atomic E-state index is -1.23. The van der Waals surface area contributed by atoms with Gasteiger partial charge in [0.1, 0.15) is 6.04 Å². The Morgan fingerprint density at radius 1 is 1.22 bits per heavy atom. The Kier molecular flexibility index (Phi) is 7.30. The number of piperidine rings is 1. The Bertz CT molecular complexity index is 1340. The fraction of sp³-hybridized carbons (Fsp3) is 0.269. The average molecular weight is 525 g/mol. The number of amides is 5. The van der Waals surface area contributed by atoms with Crippen molar-refractivity contribution >= 4 is 47.0 Å². The van der Waals surface area contributed by atoms with Gasteiger partial charge in [0.25, 0.3) is 5.91 Å². The molecule has 0 saturated carbocycles. The van der Waals surface area contributed by atoms with E-state index in [-0.39, 0.29) is 49.9 Å². The number of carbonyl (C=O) groups excluding carboxylic acids is 4. The van der Waals surface area contributed by atoms with Gasteiger partial charge in [-0.3, -0.25) is 19.7 Å². The van der Waals surface area contributed by atoms with Crippen LogP contribution in [0.5, 0.6) is 0 Å². The van der Waals surface area contributed by atoms with Crippen LogP contribution in [0.25, 0.3) is 0 Å². The third-order valence-electron chi connectivity index (χ3n) is 6.36. The lowest BCUT2D eigenvalue weighted by molar-refractivity contribution is -0.137. The van der Waals surface area contributed by atoms with Crippen LogP contribution in [0.4, 0.5) is 10.5 Å². The molecule has 0 bridgehead atoms. The molecular formula is C26H25ClN4O6. The van der Waals surface area contributed by atoms with Crippen LogP contribution in [0.3, 0.4) is 0 Å². The first-order chi connectivity index (χ1) is 17.5. The maximum atomic E-state index is 13.1. The summed E-state index contributed by atoms with van der Waals surface area (Å²) in [6.45, 7) is 5.35. The first kappa shape index (κ1) is 25.9. The monoisotopic (exact) mass is 524 g/mol. The summed E-state index contributed by atoms with van der Waals surface area (Å²) in [7, 11) is 0. The van der Waals surface area contributed by atoms with Gasteiger partial charge < -0.3 is 20.2 Å². The molecule has 4 rings (SSSR count). The Labute approximate surface area is 217 Å². The van der Waals surface area contributed by atoms with E-state index in [1.54, 1.807) is 36.4 Å². The molecule has 2 aromatic rings. The van der Waals surface area contributed by atoms with Crippen LogP contribution >= 0.6 is 11.6 Å². The zero-order valence-electron chi connectivity index (χ0n) is 20.0. The van der Waals surface area contributed by atoms with E-state index in [1.165, 1.54) is 9.80 Å². The molecule has 1 fully saturated rings. The van der Waals surface area contributed by atoms with Crippen molar-refractivity contribution in [1.82, 2.24) is 15.1 Å². The number of urea groups is 1. The van der Waals surface area contributed by atoms with Crippen molar-refractivity contribution in [3.8, 4) is 0 Å². The standard InChI is InChI=1S/C26H25ClN4O6/c1-14-3-5-18(10-20(14)27)28-26(37)30(11-15(2)25(35)36)12-16-4-6-19-17(9-16)13-31(24(19)34)21-7-8-22(32)29-23(21)33/h3-6,9-10,21H,2,7-8,11-13H2,1H3,(H,28,37)(H,35,36)(H,29,32,33). The normalized spacial score (nSPS) is 16.8. The minimum Gasteiger partial charge on any atom is -0.478 e. The van der Waals surface area contributed by atoms with Crippen molar-refractivity contribution in [2.45, 2.75) is 38.9 Å². The highest BCUT2D eigenvalue weighted by Gasteiger charge is 2.39. The van der Waals surface area contributed by atoms with Crippen molar-refractivity contribution in [3.05, 3.63) is 75.8 Å². The number of fused-ring (bicyclic) bond motifs is 1. The highest BCUT2D eigenvalue weighted by molar-refractivity contribution is 6.31. The lowest BCUT2D eigenvalue weighted by Gasteiger charge is -2.29. The van der Waals surface area contributed by atoms with E-state index in [2.05, 4.69) is 17.2 Å². The molecule has 10 nitrogen and oxygen atoms in total. The average Bonchev–Trinajstić information content (AvgIpc) is 3.16. The second kappa shape index (κ2) is 10.4. The highest BCUT2D eigenvalue weighted by atomic mass is 35.5. The smallest absolute Gasteiger partial charge is 0.332 e. The summed E-state index contributed by atoms with van der Waals surface area (Å²) in [6, 6.07) is 8.82. The summed E-state index contributed by atoms with van der Waals surface area (Å²) in [5, 5.41) is 14.8. The van der Waals surface area contributed by atoms with Gasteiger partial charge in [0, 0.05) is 41.4 Å². The Morgan fingerprint density at radius 2 is 1.97 bits per heavy atom. The van der Waals surface area contributed by atoms with Gasteiger partial charge in [-0.1, -0.05) is 36.4 Å². The molecule has 0 aromatic heterocycles. The molecule has 1 unspecified atom stereocenters. The predicted octanol–water partition coefficient (Wildman–Crippen LogP) is 3.08. The maximum absolute atomic E-state index is 13.1. The van der Waals surface area contributed by atoms with Crippen molar-refractivity contribution in [1.29, 1.82) is 0 Å². The Morgan fingerprint density at radius 3 is 2.65 bits per heavy atom. The number of hydrogen-bond acceptors (Lipinski definition) is 5. The molecule has 2 aromatic carbocycles. The number of imide groups is 1. The second-order valence-corrected chi connectivity index (χ2v) is 9.46. The zero-order chi connectivity index (χ0) is 26.9. The second-order valence-electron chi connectivity index (χ2n) is 9.05. The number of anilines is 1. The number of benzene rings is 2. The van der Waals surface area contributed by atoms with E-state index in [1.807, 2.05) is 6.92 Å². The molecule has 192 valence electrons. The van der Waals surface area contributed by atoms with E-state index in [9.17, 15) is 29.1 Å². The molecular weight excluding hydrogens is 500 g/mol. The minimum absolute atomic E-state index is 0.0393. The van der Waals surface area contributed by atoms with Gasteiger partial charge in [0.15, 0.2) is 0 Å². The van der Waals surface area contributed by atoms with Crippen LogP contribution in [-0.2, 0) is 27.5 Å². The number of hydrogen-bond donors (Lipinski definition) is 3. The van der Waals surface area contributed by atoms with Gasteiger partial charge in [-0.2, -0.15) is 0 Å². The molecule has 2 heterocycles. The van der Waals surface area contributed by atoms with Crippen molar-refractivity contribution < 1.29 is 29.1 Å². The summed E-state index contributed by atoms with van der Waals surface area (Å²) < 4.78 is 0. The number of carbonyl (C=O) groups is 5. The van der Waals surface area contributed by atoms with E-state index >= 15 is 0 Å². The van der Waals surface area contributed by atoms with Crippen molar-refractivity contribution in [2.75, 3.05) is 11.9 Å². The number of carboxylic acid groups (broad SMARTS) is 1. The van der Waals surface area contributed by atoms with Crippen LogP contribution in [0.1, 0.15) is 39.9 Å². The van der Waals surface area contributed by atoms with Crippen LogP contribution in [-0.4, -0.2) is 57.2 Å². The van der Waals surface area contributed by atoms with Gasteiger partial charge in [0.05, 0.1) is 6.54 Å². The van der Waals surface area contributed by atoms with Crippen molar-refractivity contribution in [2.24, 2.45) is 0 Å². The van der Waals surface area contributed by atoms with Crippen LogP contribution < -0.4 is 10.6 Å². The maximum Gasteiger partial charge on any atom is 0.332 e. The number of aliphatic carboxylic acids is 1. The van der Waals surface area contributed by atoms with Gasteiger partial charge in [0.2, 0.25) is 11.8 Å². The van der Waals surface area contributed by atoms with E-state index in [0.717, 1.165) is 5.56 Å². The van der Waals surface area contributed by atoms with Crippen LogP contribution in [0.15, 0.2) is 48.6 Å². The van der Waals surface area contributed by atoms with Gasteiger partial charge in [-0.15, -0.1) is 0 Å². The van der Waals surface area contributed by atoms with Crippen molar-refractivity contribution in [3.63, 3.8) is 0 Å². The number of nitrogens with one attached hydrogen (secondary N) is 2. The van der Waals surface area contributed by atoms with E-state index in [4.69, 9.17) is 11.6 Å². The third kappa shape index (κ3) is 5.64. The molecule has 1 atom stereocenters. The van der Waals surface area contributed by atoms with E-state index < -0.39 is 23.9 Å². The topological polar surface area (TPSA) is 136 Å². The van der Waals surface area contributed by atoms with Crippen LogP contribution in [0.2, 0.25) is 5.02 Å². The quantitative estimate of drug-likeness (QED) is 0.376. The zero-order valence-corrected chi connectivity index (χ0v) is 20.8. The number of halogens is 1. The summed E-state index contributed by atoms with van der Waals surface area (Å²) in [6.07, 6.45) is 0.414. The fourth-order valence-corrected chi connectivity index (χ4v) is 4.50. The largest absolute Gasteiger partial charge is 0.478 e. The molecule has 0 aliphatic carbocycles. The third-order valence-corrected chi connectivity index (χ3v) is 6.76. The molecule has 2 aliphatic rings. The molecule has 1 saturated heterocycles. The summed E-state index contributed by atoms with van der Waals surface area (Å²) >= 11 is 6.15. The molecule has 11 heteroatoms. The number of nitrogens with zero attached hydrogens (tertiary/aromatic N) is 2. The number of rotatable bonds is 7. The van der Waals surface area contributed by atoms with Gasteiger partial charge in [-0.05, 0) is 48.2 Å². The van der Waals surface area contributed by atoms with E-state index in [0.29, 0.717) is 27.4 Å². The molecule has 3 N–H and O–H groups in total. The highest BCUT2D eigenvalue weighted by Crippen LogP contribution is 2.29. The Hall–Kier alpha value is -4.18. The first-order valence-electron chi connectivity index (χ1n) is 11.5. The summed E-state index contributed by atoms with van der Waals surface area (Å²) in [5.41, 5.74) is 2.90. The molecule has 37 heavy (non-hydrogen) atoms. The fourth-order valence-electron chi connectivity index (χ4n) is 4.32. The first-order valence-corrected chi connectivity index (χ1v) is 11.9. The predicted molar refractivity (Wildman–Crippen MR) is 135 cm³/mol. The van der Waals surface area contributed by atoms with Gasteiger partial charge >= 0.3 is 12.0 Å². The van der Waals surface area contributed by atoms with Crippen LogP contribution in [0, 0.1) is 6.92 Å².